The lowest BCUT2D eigenvalue weighted by molar-refractivity contribution is 0.419. The van der Waals surface area contributed by atoms with Crippen LogP contribution in [0.25, 0.3) is 10.8 Å². The Kier molecular flexibility index (Phi) is 4.58. The van der Waals surface area contributed by atoms with E-state index in [1.165, 1.54) is 21.9 Å². The van der Waals surface area contributed by atoms with Crippen LogP contribution in [-0.2, 0) is 6.54 Å². The first-order valence-corrected chi connectivity index (χ1v) is 6.61. The van der Waals surface area contributed by atoms with Crippen LogP contribution in [-0.4, -0.2) is 13.7 Å². The van der Waals surface area contributed by atoms with E-state index in [-0.39, 0.29) is 0 Å². The lowest BCUT2D eigenvalue weighted by atomic mass is 10.0. The number of methoxy groups -OCH3 is 1. The molecule has 0 aliphatic heterocycles. The molecule has 0 atom stereocenters. The molecular formula is C17H21NO. The Morgan fingerprint density at radius 3 is 2.53 bits per heavy atom. The van der Waals surface area contributed by atoms with Gasteiger partial charge >= 0.3 is 0 Å². The van der Waals surface area contributed by atoms with Gasteiger partial charge in [-0.3, -0.25) is 0 Å². The minimum absolute atomic E-state index is 0.869. The van der Waals surface area contributed by atoms with Crippen molar-refractivity contribution in [3.8, 4) is 5.75 Å². The second kappa shape index (κ2) is 6.39. The van der Waals surface area contributed by atoms with Gasteiger partial charge in [0.1, 0.15) is 5.75 Å². The minimum Gasteiger partial charge on any atom is -0.496 e. The maximum atomic E-state index is 5.41. The van der Waals surface area contributed by atoms with Crippen LogP contribution in [0.3, 0.4) is 0 Å². The van der Waals surface area contributed by atoms with Crippen LogP contribution in [0, 0.1) is 0 Å². The Morgan fingerprint density at radius 1 is 1.11 bits per heavy atom. The molecule has 19 heavy (non-hydrogen) atoms. The average molecular weight is 255 g/mol. The third kappa shape index (κ3) is 3.36. The summed E-state index contributed by atoms with van der Waals surface area (Å²) >= 11 is 0. The summed E-state index contributed by atoms with van der Waals surface area (Å²) in [5, 5.41) is 5.87. The first-order chi connectivity index (χ1) is 9.22. The summed E-state index contributed by atoms with van der Waals surface area (Å²) in [6.45, 7) is 6.01. The topological polar surface area (TPSA) is 21.3 Å². The normalized spacial score (nSPS) is 10.5. The van der Waals surface area contributed by atoms with Gasteiger partial charge in [0, 0.05) is 18.5 Å². The highest BCUT2D eigenvalue weighted by Gasteiger charge is 2.05. The van der Waals surface area contributed by atoms with Crippen LogP contribution in [0.15, 0.2) is 48.0 Å². The summed E-state index contributed by atoms with van der Waals surface area (Å²) in [6, 6.07) is 12.5. The highest BCUT2D eigenvalue weighted by molar-refractivity contribution is 5.91. The molecule has 0 saturated heterocycles. The Balaban J connectivity index is 2.22. The van der Waals surface area contributed by atoms with Gasteiger partial charge in [0.2, 0.25) is 0 Å². The number of nitrogens with one attached hydrogen (secondary N) is 1. The van der Waals surface area contributed by atoms with E-state index < -0.39 is 0 Å². The average Bonchev–Trinajstić information content (AvgIpc) is 2.43. The number of allylic oxidation sites excluding steroid dienone is 1. The molecule has 2 aromatic carbocycles. The van der Waals surface area contributed by atoms with Gasteiger partial charge in [-0.25, -0.2) is 0 Å². The Morgan fingerprint density at radius 2 is 1.84 bits per heavy atom. The van der Waals surface area contributed by atoms with Crippen LogP contribution >= 0.6 is 0 Å². The van der Waals surface area contributed by atoms with Crippen LogP contribution in [0.1, 0.15) is 19.4 Å². The van der Waals surface area contributed by atoms with E-state index in [0.29, 0.717) is 0 Å². The van der Waals surface area contributed by atoms with Crippen molar-refractivity contribution >= 4 is 10.8 Å². The predicted octanol–water partition coefficient (Wildman–Crippen LogP) is 3.90. The number of hydrogen-bond donors (Lipinski definition) is 1. The number of ether oxygens (including phenoxy) is 1. The third-order valence-electron chi connectivity index (χ3n) is 3.16. The number of benzene rings is 2. The van der Waals surface area contributed by atoms with Crippen molar-refractivity contribution in [3.63, 3.8) is 0 Å². The molecule has 2 aromatic rings. The Bertz CT molecular complexity index is 583. The molecule has 0 fully saturated rings. The van der Waals surface area contributed by atoms with Crippen molar-refractivity contribution in [3.05, 3.63) is 53.6 Å². The van der Waals surface area contributed by atoms with Gasteiger partial charge in [0.25, 0.3) is 0 Å². The Hall–Kier alpha value is -1.80. The molecule has 0 amide bonds. The lowest BCUT2D eigenvalue weighted by Crippen LogP contribution is -2.13. The van der Waals surface area contributed by atoms with E-state index in [1.54, 1.807) is 7.11 Å². The lowest BCUT2D eigenvalue weighted by Gasteiger charge is -2.10. The predicted molar refractivity (Wildman–Crippen MR) is 81.6 cm³/mol. The van der Waals surface area contributed by atoms with Crippen molar-refractivity contribution in [2.75, 3.05) is 13.7 Å². The molecule has 0 bridgehead atoms. The van der Waals surface area contributed by atoms with Crippen LogP contribution in [0.2, 0.25) is 0 Å². The fourth-order valence-electron chi connectivity index (χ4n) is 2.15. The smallest absolute Gasteiger partial charge is 0.126 e. The van der Waals surface area contributed by atoms with E-state index in [4.69, 9.17) is 4.74 Å². The maximum absolute atomic E-state index is 5.41. The first kappa shape index (κ1) is 13.6. The molecule has 2 rings (SSSR count). The zero-order chi connectivity index (χ0) is 13.7. The summed E-state index contributed by atoms with van der Waals surface area (Å²) in [5.41, 5.74) is 2.64. The molecule has 1 N–H and O–H groups in total. The molecular weight excluding hydrogens is 234 g/mol. The summed E-state index contributed by atoms with van der Waals surface area (Å²) < 4.78 is 5.41. The zero-order valence-electron chi connectivity index (χ0n) is 11.9. The van der Waals surface area contributed by atoms with Gasteiger partial charge in [0.15, 0.2) is 0 Å². The molecule has 100 valence electrons. The molecule has 2 nitrogen and oxygen atoms in total. The molecule has 0 aliphatic rings. The van der Waals surface area contributed by atoms with Gasteiger partial charge < -0.3 is 10.1 Å². The van der Waals surface area contributed by atoms with Gasteiger partial charge in [-0.05, 0) is 30.9 Å². The number of hydrogen-bond acceptors (Lipinski definition) is 2. The number of rotatable bonds is 5. The molecule has 0 saturated carbocycles. The van der Waals surface area contributed by atoms with E-state index in [9.17, 15) is 0 Å². The third-order valence-corrected chi connectivity index (χ3v) is 3.16. The maximum Gasteiger partial charge on any atom is 0.126 e. The highest BCUT2D eigenvalue weighted by atomic mass is 16.5. The molecule has 0 radical (unpaired) electrons. The van der Waals surface area contributed by atoms with E-state index in [0.717, 1.165) is 18.8 Å². The van der Waals surface area contributed by atoms with Crippen LogP contribution in [0.4, 0.5) is 0 Å². The molecule has 2 heteroatoms. The molecule has 0 unspecified atom stereocenters. The quantitative estimate of drug-likeness (QED) is 0.646. The molecule has 0 spiro atoms. The van der Waals surface area contributed by atoms with Gasteiger partial charge in [-0.2, -0.15) is 0 Å². The van der Waals surface area contributed by atoms with Gasteiger partial charge in [0.05, 0.1) is 7.11 Å². The van der Waals surface area contributed by atoms with Crippen molar-refractivity contribution in [1.29, 1.82) is 0 Å². The minimum atomic E-state index is 0.869. The standard InChI is InChI=1S/C17H21NO/c1-13(2)10-11-18-12-14-8-9-17(19-3)16-7-5-4-6-15(14)16/h4-10,18H,11-12H2,1-3H3. The summed E-state index contributed by atoms with van der Waals surface area (Å²) in [4.78, 5) is 0. The summed E-state index contributed by atoms with van der Waals surface area (Å²) in [6.07, 6.45) is 2.20. The largest absolute Gasteiger partial charge is 0.496 e. The molecule has 0 aliphatic carbocycles. The second-order valence-corrected chi connectivity index (χ2v) is 4.88. The first-order valence-electron chi connectivity index (χ1n) is 6.61. The zero-order valence-corrected chi connectivity index (χ0v) is 11.9. The van der Waals surface area contributed by atoms with Crippen LogP contribution in [0.5, 0.6) is 5.75 Å². The summed E-state index contributed by atoms with van der Waals surface area (Å²) in [7, 11) is 1.72. The van der Waals surface area contributed by atoms with E-state index >= 15 is 0 Å². The highest BCUT2D eigenvalue weighted by Crippen LogP contribution is 2.28. The second-order valence-electron chi connectivity index (χ2n) is 4.88. The van der Waals surface area contributed by atoms with Crippen molar-refractivity contribution in [2.24, 2.45) is 0 Å². The Labute approximate surface area is 115 Å². The van der Waals surface area contributed by atoms with Crippen molar-refractivity contribution < 1.29 is 4.74 Å². The molecule has 0 heterocycles. The number of fused-ring (bicyclic) bond motifs is 1. The van der Waals surface area contributed by atoms with E-state index in [2.05, 4.69) is 49.5 Å². The van der Waals surface area contributed by atoms with Crippen molar-refractivity contribution in [2.45, 2.75) is 20.4 Å². The van der Waals surface area contributed by atoms with Gasteiger partial charge in [-0.1, -0.05) is 42.0 Å². The van der Waals surface area contributed by atoms with Crippen LogP contribution < -0.4 is 10.1 Å². The van der Waals surface area contributed by atoms with Gasteiger partial charge in [-0.15, -0.1) is 0 Å². The summed E-state index contributed by atoms with van der Waals surface area (Å²) in [5.74, 6) is 0.934. The molecule has 0 aromatic heterocycles. The fraction of sp³-hybridized carbons (Fsp3) is 0.294. The monoisotopic (exact) mass is 255 g/mol. The van der Waals surface area contributed by atoms with E-state index in [1.807, 2.05) is 12.1 Å². The fourth-order valence-corrected chi connectivity index (χ4v) is 2.15. The SMILES string of the molecule is COc1ccc(CNCC=C(C)C)c2ccccc12. The van der Waals surface area contributed by atoms with Crippen molar-refractivity contribution in [1.82, 2.24) is 5.32 Å².